The molecular weight excluding hydrogens is 908 g/mol. The first kappa shape index (κ1) is 45.8. The molecule has 0 spiro atoms. The lowest BCUT2D eigenvalue weighted by Crippen LogP contribution is -2.59. The zero-order valence-corrected chi connectivity index (χ0v) is 45.6. The molecule has 14 rings (SSSR count). The van der Waals surface area contributed by atoms with Crippen LogP contribution in [0.3, 0.4) is 0 Å². The molecule has 2 aliphatic rings. The number of anilines is 3. The van der Waals surface area contributed by atoms with Gasteiger partial charge in [0.15, 0.2) is 0 Å². The van der Waals surface area contributed by atoms with Crippen LogP contribution in [0.2, 0.25) is 0 Å². The predicted molar refractivity (Wildman–Crippen MR) is 324 cm³/mol. The molecule has 5 heteroatoms. The summed E-state index contributed by atoms with van der Waals surface area (Å²) in [5.41, 5.74) is 23.8. The number of hydrogen-bond acceptors (Lipinski definition) is 1. The Morgan fingerprint density at radius 1 is 0.333 bits per heavy atom. The van der Waals surface area contributed by atoms with Crippen LogP contribution in [-0.4, -0.2) is 20.4 Å². The largest absolute Gasteiger partial charge is 0.310 e. The number of para-hydroxylation sites is 4. The van der Waals surface area contributed by atoms with Gasteiger partial charge in [0.2, 0.25) is 0 Å². The van der Waals surface area contributed by atoms with Gasteiger partial charge < -0.3 is 18.6 Å². The molecule has 0 saturated heterocycles. The maximum absolute atomic E-state index is 2.67. The van der Waals surface area contributed by atoms with Crippen molar-refractivity contribution in [2.75, 3.05) is 4.90 Å². The zero-order valence-electron chi connectivity index (χ0n) is 45.6. The molecule has 2 aliphatic heterocycles. The highest BCUT2D eigenvalue weighted by molar-refractivity contribution is 7.00. The minimum atomic E-state index is -0.0785. The van der Waals surface area contributed by atoms with Crippen molar-refractivity contribution >= 4 is 106 Å². The van der Waals surface area contributed by atoms with Crippen LogP contribution in [0.1, 0.15) is 105 Å². The molecule has 5 heterocycles. The Kier molecular flexibility index (Phi) is 9.42. The van der Waals surface area contributed by atoms with Crippen molar-refractivity contribution in [1.29, 1.82) is 0 Å². The summed E-state index contributed by atoms with van der Waals surface area (Å²) in [5.74, 6) is 0. The van der Waals surface area contributed by atoms with Crippen LogP contribution in [0.4, 0.5) is 17.1 Å². The number of rotatable bonds is 4. The van der Waals surface area contributed by atoms with Crippen LogP contribution in [0.15, 0.2) is 176 Å². The monoisotopic (exact) mass is 973 g/mol. The van der Waals surface area contributed by atoms with E-state index in [-0.39, 0.29) is 28.4 Å². The quantitative estimate of drug-likeness (QED) is 0.161. The number of hydrogen-bond donors (Lipinski definition) is 0. The Morgan fingerprint density at radius 2 is 0.760 bits per heavy atom. The minimum Gasteiger partial charge on any atom is -0.310 e. The van der Waals surface area contributed by atoms with Crippen molar-refractivity contribution in [2.24, 2.45) is 0 Å². The number of aromatic nitrogens is 3. The highest BCUT2D eigenvalue weighted by atomic mass is 15.2. The van der Waals surface area contributed by atoms with Gasteiger partial charge in [-0.05, 0) is 145 Å². The molecular formula is C70H65BN4. The van der Waals surface area contributed by atoms with Gasteiger partial charge >= 0.3 is 0 Å². The van der Waals surface area contributed by atoms with E-state index >= 15 is 0 Å². The van der Waals surface area contributed by atoms with Crippen molar-refractivity contribution in [2.45, 2.75) is 105 Å². The molecule has 0 amide bonds. The molecule has 4 nitrogen and oxygen atoms in total. The van der Waals surface area contributed by atoms with E-state index < -0.39 is 0 Å². The van der Waals surface area contributed by atoms with E-state index in [1.165, 1.54) is 115 Å². The van der Waals surface area contributed by atoms with Crippen LogP contribution < -0.4 is 21.3 Å². The molecule has 0 saturated carbocycles. The second-order valence-corrected chi connectivity index (χ2v) is 25.9. The lowest BCUT2D eigenvalue weighted by atomic mass is 9.34. The molecule has 0 N–H and O–H groups in total. The first-order valence-corrected chi connectivity index (χ1v) is 27.1. The van der Waals surface area contributed by atoms with Crippen molar-refractivity contribution < 1.29 is 0 Å². The van der Waals surface area contributed by atoms with Gasteiger partial charge in [0.05, 0.1) is 33.4 Å². The third-order valence-electron chi connectivity index (χ3n) is 17.0. The molecule has 0 radical (unpaired) electrons. The standard InChI is InChI=1S/C70H65BN4/c1-67(2,3)42-30-32-58-51(34-42)53-36-44(69(7,8)9)38-55-64(53)74(58)61-40-48(41-62-63(61)71(55)56-39-45(70(10,11)12)37-54-52-35-43(68(4,5)6)31-33-59(52)75(62)65(54)56)73-57-28-20-19-26-49(57)50-27-21-29-60(66(50)73)72(46-22-15-13-16-23-46)47-24-17-14-18-25-47/h13-41H,1-12H3. The lowest BCUT2D eigenvalue weighted by molar-refractivity contribution is 0.590. The zero-order chi connectivity index (χ0) is 51.8. The van der Waals surface area contributed by atoms with Gasteiger partial charge in [-0.2, -0.15) is 0 Å². The molecule has 0 unspecified atom stereocenters. The Morgan fingerprint density at radius 3 is 1.24 bits per heavy atom. The summed E-state index contributed by atoms with van der Waals surface area (Å²) in [4.78, 5) is 2.44. The molecule has 0 bridgehead atoms. The van der Waals surface area contributed by atoms with E-state index in [9.17, 15) is 0 Å². The van der Waals surface area contributed by atoms with Crippen molar-refractivity contribution in [3.8, 4) is 17.1 Å². The molecule has 9 aromatic carbocycles. The highest BCUT2D eigenvalue weighted by Crippen LogP contribution is 2.47. The van der Waals surface area contributed by atoms with Crippen LogP contribution >= 0.6 is 0 Å². The van der Waals surface area contributed by atoms with Crippen LogP contribution in [0, 0.1) is 0 Å². The summed E-state index contributed by atoms with van der Waals surface area (Å²) in [6, 6.07) is 67.7. The van der Waals surface area contributed by atoms with Gasteiger partial charge in [0, 0.05) is 66.1 Å². The van der Waals surface area contributed by atoms with Crippen LogP contribution in [-0.2, 0) is 21.7 Å². The van der Waals surface area contributed by atoms with E-state index in [1.54, 1.807) is 0 Å². The minimum absolute atomic E-state index is 0.0168. The second-order valence-electron chi connectivity index (χ2n) is 25.9. The van der Waals surface area contributed by atoms with Gasteiger partial charge in [0.1, 0.15) is 0 Å². The smallest absolute Gasteiger partial charge is 0.252 e. The van der Waals surface area contributed by atoms with Crippen LogP contribution in [0.25, 0.3) is 82.5 Å². The van der Waals surface area contributed by atoms with E-state index in [0.717, 1.165) is 22.7 Å². The molecule has 368 valence electrons. The summed E-state index contributed by atoms with van der Waals surface area (Å²) >= 11 is 0. The third-order valence-corrected chi connectivity index (χ3v) is 17.0. The molecule has 0 aliphatic carbocycles. The van der Waals surface area contributed by atoms with Gasteiger partial charge in [-0.1, -0.05) is 174 Å². The first-order valence-electron chi connectivity index (χ1n) is 27.1. The van der Waals surface area contributed by atoms with Gasteiger partial charge in [-0.25, -0.2) is 0 Å². The Bertz CT molecular complexity index is 4160. The maximum Gasteiger partial charge on any atom is 0.252 e. The van der Waals surface area contributed by atoms with Crippen molar-refractivity contribution in [3.63, 3.8) is 0 Å². The van der Waals surface area contributed by atoms with Gasteiger partial charge in [-0.3, -0.25) is 0 Å². The van der Waals surface area contributed by atoms with Crippen LogP contribution in [0.5, 0.6) is 0 Å². The summed E-state index contributed by atoms with van der Waals surface area (Å²) in [5, 5.41) is 7.75. The van der Waals surface area contributed by atoms with E-state index in [4.69, 9.17) is 0 Å². The number of fused-ring (bicyclic) bond motifs is 13. The second kappa shape index (κ2) is 15.4. The number of benzene rings is 9. The number of nitrogens with zero attached hydrogens (tertiary/aromatic N) is 4. The summed E-state index contributed by atoms with van der Waals surface area (Å²) in [6.07, 6.45) is 0. The third kappa shape index (κ3) is 6.62. The average Bonchev–Trinajstić information content (AvgIpc) is 4.10. The molecule has 75 heavy (non-hydrogen) atoms. The molecule has 0 fully saturated rings. The fourth-order valence-corrected chi connectivity index (χ4v) is 13.0. The normalized spacial score (nSPS) is 13.6. The molecule has 3 aromatic heterocycles. The van der Waals surface area contributed by atoms with Crippen molar-refractivity contribution in [3.05, 3.63) is 198 Å². The summed E-state index contributed by atoms with van der Waals surface area (Å²) in [7, 11) is 0. The Hall–Kier alpha value is -7.76. The average molecular weight is 973 g/mol. The summed E-state index contributed by atoms with van der Waals surface area (Å²) in [6.45, 7) is 28.4. The van der Waals surface area contributed by atoms with Crippen molar-refractivity contribution in [1.82, 2.24) is 13.7 Å². The molecule has 12 aromatic rings. The topological polar surface area (TPSA) is 18.0 Å². The van der Waals surface area contributed by atoms with Gasteiger partial charge in [0.25, 0.3) is 6.71 Å². The Labute approximate surface area is 441 Å². The lowest BCUT2D eigenvalue weighted by Gasteiger charge is -2.36. The fraction of sp³-hybridized carbons (Fsp3) is 0.229. The van der Waals surface area contributed by atoms with Gasteiger partial charge in [-0.15, -0.1) is 0 Å². The highest BCUT2D eigenvalue weighted by Gasteiger charge is 2.43. The fourth-order valence-electron chi connectivity index (χ4n) is 13.0. The molecule has 0 atom stereocenters. The summed E-state index contributed by atoms with van der Waals surface area (Å²) < 4.78 is 7.93. The maximum atomic E-state index is 2.67. The Balaban J connectivity index is 1.20. The van der Waals surface area contributed by atoms with E-state index in [2.05, 4.69) is 278 Å². The van der Waals surface area contributed by atoms with E-state index in [0.29, 0.717) is 0 Å². The first-order chi connectivity index (χ1) is 35.8. The van der Waals surface area contributed by atoms with E-state index in [1.807, 2.05) is 0 Å². The SMILES string of the molecule is CC(C)(C)c1ccc2c(c1)c1cc(C(C)(C)C)cc3c1n2-c1cc(-n2c4ccccc4c4cccc(N(c5ccccc5)c5ccccc5)c42)cc2c1B3c1cc(C(C)(C)C)cc3c4cc(C(C)(C)C)ccc4n-2c13. The predicted octanol–water partition coefficient (Wildman–Crippen LogP) is 16.8.